The average Bonchev–Trinajstić information content (AvgIpc) is 3.23. The highest BCUT2D eigenvalue weighted by molar-refractivity contribution is 9.10. The summed E-state index contributed by atoms with van der Waals surface area (Å²) in [4.78, 5) is 9.86. The van der Waals surface area contributed by atoms with Crippen molar-refractivity contribution in [2.45, 2.75) is 12.8 Å². The smallest absolute Gasteiger partial charge is 0.160 e. The molecule has 1 aliphatic rings. The van der Waals surface area contributed by atoms with Crippen molar-refractivity contribution in [3.05, 3.63) is 101 Å². The summed E-state index contributed by atoms with van der Waals surface area (Å²) in [6.07, 6.45) is 8.60. The largest absolute Gasteiger partial charge is 0.456 e. The van der Waals surface area contributed by atoms with Gasteiger partial charge in [-0.05, 0) is 49.2 Å². The van der Waals surface area contributed by atoms with Gasteiger partial charge in [0, 0.05) is 31.9 Å². The average molecular weight is 479 g/mol. The predicted molar refractivity (Wildman–Crippen MR) is 134 cm³/mol. The van der Waals surface area contributed by atoms with Gasteiger partial charge in [-0.1, -0.05) is 70.6 Å². The molecule has 3 aromatic carbocycles. The Morgan fingerprint density at radius 2 is 1.47 bits per heavy atom. The van der Waals surface area contributed by atoms with E-state index in [2.05, 4.69) is 76.6 Å². The minimum Gasteiger partial charge on any atom is -0.456 e. The van der Waals surface area contributed by atoms with Gasteiger partial charge in [0.05, 0.1) is 11.4 Å². The quantitative estimate of drug-likeness (QED) is 0.262. The maximum atomic E-state index is 6.12. The molecule has 1 aliphatic carbocycles. The fourth-order valence-corrected chi connectivity index (χ4v) is 4.42. The Bertz CT molecular complexity index is 1530. The fraction of sp³-hybridized carbons (Fsp3) is 0.0714. The first-order chi connectivity index (χ1) is 15.7. The highest BCUT2D eigenvalue weighted by atomic mass is 79.9. The molecule has 6 rings (SSSR count). The molecule has 0 spiro atoms. The summed E-state index contributed by atoms with van der Waals surface area (Å²) in [6, 6.07) is 24.7. The van der Waals surface area contributed by atoms with E-state index in [-0.39, 0.29) is 0 Å². The SMILES string of the molecule is Brc1ccc(-c2cc(-c3ccc4c(c3)oc3ccccc34)nc(C3=CCCC=C3)n2)cc1. The van der Waals surface area contributed by atoms with Crippen LogP contribution in [0.2, 0.25) is 0 Å². The van der Waals surface area contributed by atoms with Crippen LogP contribution in [0.3, 0.4) is 0 Å². The van der Waals surface area contributed by atoms with Gasteiger partial charge in [-0.15, -0.1) is 0 Å². The van der Waals surface area contributed by atoms with Gasteiger partial charge in [0.1, 0.15) is 11.2 Å². The van der Waals surface area contributed by atoms with E-state index in [1.54, 1.807) is 0 Å². The number of hydrogen-bond donors (Lipinski definition) is 0. The van der Waals surface area contributed by atoms with Crippen LogP contribution < -0.4 is 0 Å². The summed E-state index contributed by atoms with van der Waals surface area (Å²) in [7, 11) is 0. The Morgan fingerprint density at radius 3 is 2.28 bits per heavy atom. The van der Waals surface area contributed by atoms with Crippen LogP contribution in [0.5, 0.6) is 0 Å². The Balaban J connectivity index is 1.53. The molecule has 0 radical (unpaired) electrons. The maximum absolute atomic E-state index is 6.12. The van der Waals surface area contributed by atoms with Gasteiger partial charge >= 0.3 is 0 Å². The lowest BCUT2D eigenvalue weighted by atomic mass is 10.0. The van der Waals surface area contributed by atoms with E-state index in [0.717, 1.165) is 73.2 Å². The molecule has 0 unspecified atom stereocenters. The van der Waals surface area contributed by atoms with Gasteiger partial charge in [-0.25, -0.2) is 9.97 Å². The molecule has 5 aromatic rings. The molecule has 2 aromatic heterocycles. The molecule has 0 saturated carbocycles. The van der Waals surface area contributed by atoms with Crippen molar-refractivity contribution in [3.8, 4) is 22.5 Å². The van der Waals surface area contributed by atoms with Crippen LogP contribution in [0, 0.1) is 0 Å². The third kappa shape index (κ3) is 3.47. The van der Waals surface area contributed by atoms with Crippen molar-refractivity contribution in [1.82, 2.24) is 9.97 Å². The van der Waals surface area contributed by atoms with Crippen molar-refractivity contribution in [1.29, 1.82) is 0 Å². The lowest BCUT2D eigenvalue weighted by Crippen LogP contribution is -1.99. The first-order valence-electron chi connectivity index (χ1n) is 10.7. The predicted octanol–water partition coefficient (Wildman–Crippen LogP) is 8.21. The monoisotopic (exact) mass is 478 g/mol. The Hall–Kier alpha value is -3.50. The first kappa shape index (κ1) is 19.2. The lowest BCUT2D eigenvalue weighted by Gasteiger charge is -2.11. The number of furan rings is 1. The minimum absolute atomic E-state index is 0.751. The zero-order valence-corrected chi connectivity index (χ0v) is 18.8. The Kier molecular flexibility index (Phi) is 4.73. The standard InChI is InChI=1S/C28H19BrN2O/c29-21-13-10-18(11-14-21)24-17-25(31-28(30-24)19-6-2-1-3-7-19)20-12-15-23-22-8-4-5-9-26(22)32-27(23)16-20/h2,4-17H,1,3H2. The number of rotatable bonds is 3. The third-order valence-electron chi connectivity index (χ3n) is 5.79. The fourth-order valence-electron chi connectivity index (χ4n) is 4.16. The molecular formula is C28H19BrN2O. The van der Waals surface area contributed by atoms with Crippen LogP contribution >= 0.6 is 15.9 Å². The van der Waals surface area contributed by atoms with Crippen LogP contribution in [-0.2, 0) is 0 Å². The highest BCUT2D eigenvalue weighted by Crippen LogP contribution is 2.33. The number of aromatic nitrogens is 2. The van der Waals surface area contributed by atoms with Crippen molar-refractivity contribution in [3.63, 3.8) is 0 Å². The zero-order valence-electron chi connectivity index (χ0n) is 17.3. The molecule has 154 valence electrons. The van der Waals surface area contributed by atoms with Crippen LogP contribution in [0.25, 0.3) is 50.0 Å². The van der Waals surface area contributed by atoms with Crippen LogP contribution in [0.1, 0.15) is 18.7 Å². The van der Waals surface area contributed by atoms with Crippen LogP contribution in [-0.4, -0.2) is 9.97 Å². The number of benzene rings is 3. The summed E-state index contributed by atoms with van der Waals surface area (Å²) in [5, 5.41) is 2.25. The minimum atomic E-state index is 0.751. The van der Waals surface area contributed by atoms with Gasteiger partial charge in [0.2, 0.25) is 0 Å². The van der Waals surface area contributed by atoms with Crippen molar-refractivity contribution >= 4 is 43.4 Å². The number of nitrogens with zero attached hydrogens (tertiary/aromatic N) is 2. The zero-order chi connectivity index (χ0) is 21.5. The summed E-state index contributed by atoms with van der Waals surface area (Å²) in [6.45, 7) is 0. The van der Waals surface area contributed by atoms with Gasteiger partial charge in [-0.2, -0.15) is 0 Å². The third-order valence-corrected chi connectivity index (χ3v) is 6.32. The number of fused-ring (bicyclic) bond motifs is 3. The van der Waals surface area contributed by atoms with E-state index >= 15 is 0 Å². The summed E-state index contributed by atoms with van der Waals surface area (Å²) >= 11 is 3.52. The Morgan fingerprint density at radius 1 is 0.719 bits per heavy atom. The first-order valence-corrected chi connectivity index (χ1v) is 11.5. The van der Waals surface area contributed by atoms with E-state index in [9.17, 15) is 0 Å². The highest BCUT2D eigenvalue weighted by Gasteiger charge is 2.14. The number of allylic oxidation sites excluding steroid dienone is 4. The number of halogens is 1. The molecule has 0 aliphatic heterocycles. The van der Waals surface area contributed by atoms with Gasteiger partial charge in [0.25, 0.3) is 0 Å². The molecule has 0 amide bonds. The van der Waals surface area contributed by atoms with E-state index < -0.39 is 0 Å². The molecule has 3 nitrogen and oxygen atoms in total. The second-order valence-corrected chi connectivity index (χ2v) is 8.83. The second-order valence-electron chi connectivity index (χ2n) is 7.92. The summed E-state index contributed by atoms with van der Waals surface area (Å²) in [5.41, 5.74) is 6.70. The molecular weight excluding hydrogens is 460 g/mol. The molecule has 0 fully saturated rings. The number of hydrogen-bond acceptors (Lipinski definition) is 3. The van der Waals surface area contributed by atoms with Crippen molar-refractivity contribution in [2.75, 3.05) is 0 Å². The normalized spacial score (nSPS) is 13.6. The van der Waals surface area contributed by atoms with Crippen LogP contribution in [0.15, 0.2) is 99.9 Å². The maximum Gasteiger partial charge on any atom is 0.160 e. The van der Waals surface area contributed by atoms with Crippen molar-refractivity contribution in [2.24, 2.45) is 0 Å². The molecule has 0 N–H and O–H groups in total. The van der Waals surface area contributed by atoms with E-state index in [1.807, 2.05) is 30.3 Å². The molecule has 0 atom stereocenters. The van der Waals surface area contributed by atoms with Gasteiger partial charge < -0.3 is 4.42 Å². The molecule has 4 heteroatoms. The topological polar surface area (TPSA) is 38.9 Å². The number of para-hydroxylation sites is 1. The van der Waals surface area contributed by atoms with E-state index in [0.29, 0.717) is 0 Å². The second kappa shape index (κ2) is 7.88. The molecule has 0 saturated heterocycles. The molecule has 2 heterocycles. The van der Waals surface area contributed by atoms with E-state index in [4.69, 9.17) is 14.4 Å². The van der Waals surface area contributed by atoms with Gasteiger partial charge in [0.15, 0.2) is 5.82 Å². The van der Waals surface area contributed by atoms with Crippen LogP contribution in [0.4, 0.5) is 0 Å². The Labute approximate surface area is 194 Å². The van der Waals surface area contributed by atoms with Gasteiger partial charge in [-0.3, -0.25) is 0 Å². The van der Waals surface area contributed by atoms with Crippen molar-refractivity contribution < 1.29 is 4.42 Å². The lowest BCUT2D eigenvalue weighted by molar-refractivity contribution is 0.669. The molecule has 32 heavy (non-hydrogen) atoms. The van der Waals surface area contributed by atoms with E-state index in [1.165, 1.54) is 0 Å². The molecule has 0 bridgehead atoms. The summed E-state index contributed by atoms with van der Waals surface area (Å²) in [5.74, 6) is 0.751. The summed E-state index contributed by atoms with van der Waals surface area (Å²) < 4.78 is 7.16.